The fourth-order valence-corrected chi connectivity index (χ4v) is 3.88. The average molecular weight is 346 g/mol. The number of carbonyl (C=O) groups excluding carboxylic acids is 2. The van der Waals surface area contributed by atoms with Gasteiger partial charge >= 0.3 is 0 Å². The van der Waals surface area contributed by atoms with Crippen LogP contribution in [0.2, 0.25) is 0 Å². The number of hydrogen-bond acceptors (Lipinski definition) is 4. The van der Waals surface area contributed by atoms with Crippen molar-refractivity contribution in [2.75, 3.05) is 19.0 Å². The van der Waals surface area contributed by atoms with E-state index in [1.165, 1.54) is 0 Å². The number of fused-ring (bicyclic) bond motifs is 1. The number of anilines is 1. The summed E-state index contributed by atoms with van der Waals surface area (Å²) in [6.45, 7) is -0.0668. The molecular formula is C19H26N2O4. The molecule has 0 aromatic heterocycles. The van der Waals surface area contributed by atoms with E-state index < -0.39 is 11.5 Å². The van der Waals surface area contributed by atoms with Crippen molar-refractivity contribution >= 4 is 17.5 Å². The number of amides is 2. The maximum absolute atomic E-state index is 13.0. The summed E-state index contributed by atoms with van der Waals surface area (Å²) < 4.78 is 5.26. The van der Waals surface area contributed by atoms with Crippen molar-refractivity contribution in [3.8, 4) is 5.75 Å². The van der Waals surface area contributed by atoms with Gasteiger partial charge in [-0.2, -0.15) is 0 Å². The maximum Gasteiger partial charge on any atom is 0.228 e. The Hall–Kier alpha value is -2.08. The van der Waals surface area contributed by atoms with E-state index >= 15 is 0 Å². The first-order valence-electron chi connectivity index (χ1n) is 8.97. The predicted molar refractivity (Wildman–Crippen MR) is 94.6 cm³/mol. The molecule has 0 bridgehead atoms. The van der Waals surface area contributed by atoms with Gasteiger partial charge in [0.05, 0.1) is 25.2 Å². The minimum absolute atomic E-state index is 0.0668. The van der Waals surface area contributed by atoms with Gasteiger partial charge in [-0.15, -0.1) is 0 Å². The number of aliphatic hydroxyl groups is 1. The Labute approximate surface area is 147 Å². The fourth-order valence-electron chi connectivity index (χ4n) is 3.88. The van der Waals surface area contributed by atoms with E-state index in [0.717, 1.165) is 44.1 Å². The summed E-state index contributed by atoms with van der Waals surface area (Å²) in [4.78, 5) is 25.0. The van der Waals surface area contributed by atoms with E-state index in [4.69, 9.17) is 4.74 Å². The highest BCUT2D eigenvalue weighted by Crippen LogP contribution is 2.36. The second-order valence-corrected chi connectivity index (χ2v) is 7.10. The number of nitrogens with one attached hydrogen (secondary N) is 2. The second kappa shape index (κ2) is 7.44. The smallest absolute Gasteiger partial charge is 0.228 e. The molecule has 0 unspecified atom stereocenters. The van der Waals surface area contributed by atoms with Gasteiger partial charge in [-0.25, -0.2) is 0 Å². The molecule has 1 heterocycles. The monoisotopic (exact) mass is 346 g/mol. The third-order valence-corrected chi connectivity index (χ3v) is 5.37. The van der Waals surface area contributed by atoms with Crippen LogP contribution in [0.15, 0.2) is 18.2 Å². The number of benzene rings is 1. The third kappa shape index (κ3) is 3.79. The minimum Gasteiger partial charge on any atom is -0.497 e. The standard InChI is InChI=1S/C19H26N2O4/c1-25-13-6-7-16-14(10-13)15(11-17(23)20-16)18(24)21-19(12-22)8-4-2-3-5-9-19/h6-7,10,15,22H,2-5,8-9,11-12H2,1H3,(H,20,23)(H,21,24)/t15-/m0/s1. The van der Waals surface area contributed by atoms with Crippen molar-refractivity contribution < 1.29 is 19.4 Å². The number of methoxy groups -OCH3 is 1. The van der Waals surface area contributed by atoms with Crippen molar-refractivity contribution in [3.05, 3.63) is 23.8 Å². The molecule has 1 aromatic carbocycles. The molecule has 1 atom stereocenters. The van der Waals surface area contributed by atoms with Crippen LogP contribution in [-0.4, -0.2) is 36.2 Å². The molecule has 136 valence electrons. The van der Waals surface area contributed by atoms with Crippen LogP contribution >= 0.6 is 0 Å². The van der Waals surface area contributed by atoms with Gasteiger partial charge in [0.1, 0.15) is 5.75 Å². The van der Waals surface area contributed by atoms with Crippen molar-refractivity contribution in [2.45, 2.75) is 56.4 Å². The zero-order valence-electron chi connectivity index (χ0n) is 14.6. The van der Waals surface area contributed by atoms with Crippen LogP contribution in [0, 0.1) is 0 Å². The van der Waals surface area contributed by atoms with E-state index in [9.17, 15) is 14.7 Å². The van der Waals surface area contributed by atoms with Crippen molar-refractivity contribution in [2.24, 2.45) is 0 Å². The lowest BCUT2D eigenvalue weighted by Gasteiger charge is -2.35. The Bertz CT molecular complexity index is 651. The summed E-state index contributed by atoms with van der Waals surface area (Å²) in [5, 5.41) is 15.8. The first-order valence-corrected chi connectivity index (χ1v) is 8.97. The fraction of sp³-hybridized carbons (Fsp3) is 0.579. The van der Waals surface area contributed by atoms with Crippen LogP contribution in [-0.2, 0) is 9.59 Å². The van der Waals surface area contributed by atoms with Gasteiger partial charge in [-0.1, -0.05) is 25.7 Å². The molecule has 1 aliphatic heterocycles. The molecule has 0 spiro atoms. The Kier molecular flexibility index (Phi) is 5.27. The number of rotatable bonds is 4. The molecule has 6 nitrogen and oxygen atoms in total. The molecular weight excluding hydrogens is 320 g/mol. The van der Waals surface area contributed by atoms with Gasteiger partial charge in [-0.3, -0.25) is 9.59 Å². The summed E-state index contributed by atoms with van der Waals surface area (Å²) in [5.41, 5.74) is 0.842. The largest absolute Gasteiger partial charge is 0.497 e. The summed E-state index contributed by atoms with van der Waals surface area (Å²) in [6.07, 6.45) is 5.91. The lowest BCUT2D eigenvalue weighted by Crippen LogP contribution is -2.53. The van der Waals surface area contributed by atoms with Gasteiger partial charge in [0, 0.05) is 12.1 Å². The van der Waals surface area contributed by atoms with Crippen molar-refractivity contribution in [3.63, 3.8) is 0 Å². The summed E-state index contributed by atoms with van der Waals surface area (Å²) >= 11 is 0. The van der Waals surface area contributed by atoms with Gasteiger partial charge < -0.3 is 20.5 Å². The van der Waals surface area contributed by atoms with E-state index in [0.29, 0.717) is 11.4 Å². The van der Waals surface area contributed by atoms with Crippen molar-refractivity contribution in [1.29, 1.82) is 0 Å². The molecule has 0 saturated heterocycles. The molecule has 25 heavy (non-hydrogen) atoms. The molecule has 2 amide bonds. The lowest BCUT2D eigenvalue weighted by molar-refractivity contribution is -0.128. The second-order valence-electron chi connectivity index (χ2n) is 7.10. The molecule has 3 N–H and O–H groups in total. The molecule has 1 aliphatic carbocycles. The topological polar surface area (TPSA) is 87.7 Å². The summed E-state index contributed by atoms with van der Waals surface area (Å²) in [7, 11) is 1.57. The van der Waals surface area contributed by atoms with Gasteiger partial charge in [-0.05, 0) is 36.6 Å². The number of ether oxygens (including phenoxy) is 1. The van der Waals surface area contributed by atoms with E-state index in [1.807, 2.05) is 0 Å². The highest BCUT2D eigenvalue weighted by Gasteiger charge is 2.37. The normalized spacial score (nSPS) is 22.3. The van der Waals surface area contributed by atoms with Crippen LogP contribution < -0.4 is 15.4 Å². The summed E-state index contributed by atoms with van der Waals surface area (Å²) in [6, 6.07) is 5.33. The summed E-state index contributed by atoms with van der Waals surface area (Å²) in [5.74, 6) is -0.276. The Morgan fingerprint density at radius 3 is 2.68 bits per heavy atom. The first kappa shape index (κ1) is 17.7. The molecule has 1 saturated carbocycles. The van der Waals surface area contributed by atoms with Crippen LogP contribution in [0.3, 0.4) is 0 Å². The van der Waals surface area contributed by atoms with Crippen LogP contribution in [0.25, 0.3) is 0 Å². The quantitative estimate of drug-likeness (QED) is 0.730. The third-order valence-electron chi connectivity index (χ3n) is 5.37. The highest BCUT2D eigenvalue weighted by atomic mass is 16.5. The SMILES string of the molecule is COc1ccc2c(c1)[C@@H](C(=O)NC1(CO)CCCCCC1)CC(=O)N2. The minimum atomic E-state index is -0.569. The van der Waals surface area contributed by atoms with E-state index in [-0.39, 0.29) is 24.8 Å². The molecule has 1 fully saturated rings. The molecule has 0 radical (unpaired) electrons. The number of aliphatic hydroxyl groups excluding tert-OH is 1. The number of carbonyl (C=O) groups is 2. The first-order chi connectivity index (χ1) is 12.1. The highest BCUT2D eigenvalue weighted by molar-refractivity contribution is 6.01. The van der Waals surface area contributed by atoms with E-state index in [1.54, 1.807) is 25.3 Å². The molecule has 3 rings (SSSR count). The Morgan fingerprint density at radius 2 is 2.04 bits per heavy atom. The average Bonchev–Trinajstić information content (AvgIpc) is 2.86. The van der Waals surface area contributed by atoms with Crippen LogP contribution in [0.5, 0.6) is 5.75 Å². The van der Waals surface area contributed by atoms with Crippen LogP contribution in [0.4, 0.5) is 5.69 Å². The number of hydrogen-bond donors (Lipinski definition) is 3. The van der Waals surface area contributed by atoms with Crippen molar-refractivity contribution in [1.82, 2.24) is 5.32 Å². The maximum atomic E-state index is 13.0. The molecule has 2 aliphatic rings. The predicted octanol–water partition coefficient (Wildman–Crippen LogP) is 2.32. The van der Waals surface area contributed by atoms with Gasteiger partial charge in [0.2, 0.25) is 11.8 Å². The Morgan fingerprint density at radius 1 is 1.32 bits per heavy atom. The molecule has 1 aromatic rings. The zero-order valence-corrected chi connectivity index (χ0v) is 14.6. The molecule has 6 heteroatoms. The lowest BCUT2D eigenvalue weighted by atomic mass is 9.86. The van der Waals surface area contributed by atoms with Crippen LogP contribution in [0.1, 0.15) is 56.4 Å². The van der Waals surface area contributed by atoms with Gasteiger partial charge in [0.15, 0.2) is 0 Å². The zero-order chi connectivity index (χ0) is 17.9. The van der Waals surface area contributed by atoms with E-state index in [2.05, 4.69) is 10.6 Å². The van der Waals surface area contributed by atoms with Gasteiger partial charge in [0.25, 0.3) is 0 Å². The Balaban J connectivity index is 1.85.